The van der Waals surface area contributed by atoms with Gasteiger partial charge in [0.2, 0.25) is 5.75 Å². The summed E-state index contributed by atoms with van der Waals surface area (Å²) in [6.45, 7) is 0. The summed E-state index contributed by atoms with van der Waals surface area (Å²) < 4.78 is 21.1. The van der Waals surface area contributed by atoms with Gasteiger partial charge in [0.15, 0.2) is 17.6 Å². The van der Waals surface area contributed by atoms with Gasteiger partial charge in [-0.1, -0.05) is 23.7 Å². The Hall–Kier alpha value is -2.77. The first-order valence-corrected chi connectivity index (χ1v) is 8.33. The number of methoxy groups -OCH3 is 4. The summed E-state index contributed by atoms with van der Waals surface area (Å²) in [7, 11) is 6.02. The fourth-order valence-electron chi connectivity index (χ4n) is 2.44. The van der Waals surface area contributed by atoms with Crippen LogP contribution in [0.4, 0.5) is 0 Å². The van der Waals surface area contributed by atoms with Gasteiger partial charge in [-0.3, -0.25) is 4.79 Å². The number of benzene rings is 2. The van der Waals surface area contributed by atoms with Crippen LogP contribution in [0.3, 0.4) is 0 Å². The molecule has 0 radical (unpaired) electrons. The molecule has 0 aliphatic heterocycles. The second-order valence-corrected chi connectivity index (χ2v) is 5.80. The molecule has 1 amide bonds. The highest BCUT2D eigenvalue weighted by atomic mass is 35.5. The van der Waals surface area contributed by atoms with Crippen LogP contribution in [0.25, 0.3) is 0 Å². The number of carbonyl (C=O) groups excluding carboxylic acids is 1. The van der Waals surface area contributed by atoms with Crippen LogP contribution in [0.1, 0.15) is 17.2 Å². The average Bonchev–Trinajstić information content (AvgIpc) is 2.69. The molecular formula is C19H21ClN2O5. The van der Waals surface area contributed by atoms with E-state index < -0.39 is 12.0 Å². The van der Waals surface area contributed by atoms with Crippen molar-refractivity contribution in [2.75, 3.05) is 28.4 Å². The zero-order valence-corrected chi connectivity index (χ0v) is 16.2. The van der Waals surface area contributed by atoms with E-state index in [1.54, 1.807) is 36.4 Å². The Balaban J connectivity index is 2.13. The third-order valence-corrected chi connectivity index (χ3v) is 3.97. The fourth-order valence-corrected chi connectivity index (χ4v) is 2.56. The van der Waals surface area contributed by atoms with Crippen molar-refractivity contribution in [2.24, 2.45) is 5.10 Å². The number of nitrogens with one attached hydrogen (secondary N) is 1. The van der Waals surface area contributed by atoms with Crippen molar-refractivity contribution in [3.8, 4) is 17.2 Å². The molecule has 2 rings (SSSR count). The highest BCUT2D eigenvalue weighted by molar-refractivity contribution is 6.30. The molecule has 1 atom stereocenters. The van der Waals surface area contributed by atoms with E-state index in [0.29, 0.717) is 33.4 Å². The lowest BCUT2D eigenvalue weighted by molar-refractivity contribution is -0.131. The Morgan fingerprint density at radius 2 is 1.63 bits per heavy atom. The molecule has 0 saturated heterocycles. The van der Waals surface area contributed by atoms with Crippen LogP contribution in [0.15, 0.2) is 41.5 Å². The van der Waals surface area contributed by atoms with Gasteiger partial charge in [-0.05, 0) is 29.8 Å². The van der Waals surface area contributed by atoms with Gasteiger partial charge in [-0.15, -0.1) is 0 Å². The first-order chi connectivity index (χ1) is 13.0. The van der Waals surface area contributed by atoms with E-state index in [1.165, 1.54) is 34.7 Å². The number of hydrogen-bond donors (Lipinski definition) is 1. The van der Waals surface area contributed by atoms with Gasteiger partial charge in [0.1, 0.15) is 0 Å². The van der Waals surface area contributed by atoms with Crippen LogP contribution < -0.4 is 19.6 Å². The second-order valence-electron chi connectivity index (χ2n) is 5.36. The minimum absolute atomic E-state index is 0.413. The number of nitrogens with zero attached hydrogens (tertiary/aromatic N) is 1. The number of rotatable bonds is 8. The number of carbonyl (C=O) groups is 1. The monoisotopic (exact) mass is 392 g/mol. The summed E-state index contributed by atoms with van der Waals surface area (Å²) in [6, 6.07) is 10.2. The van der Waals surface area contributed by atoms with Crippen molar-refractivity contribution in [1.29, 1.82) is 0 Å². The molecule has 7 nitrogen and oxygen atoms in total. The van der Waals surface area contributed by atoms with E-state index in [1.807, 2.05) is 0 Å². The Morgan fingerprint density at radius 3 is 2.11 bits per heavy atom. The zero-order chi connectivity index (χ0) is 19.8. The molecule has 27 heavy (non-hydrogen) atoms. The topological polar surface area (TPSA) is 78.4 Å². The van der Waals surface area contributed by atoms with Gasteiger partial charge in [0.05, 0.1) is 27.5 Å². The highest BCUT2D eigenvalue weighted by Gasteiger charge is 2.19. The standard InChI is InChI=1S/C19H21ClN2O5/c1-24-15-9-12(10-16(25-2)18(15)27-4)11-21-22-19(23)17(26-3)13-5-7-14(20)8-6-13/h5-11,17H,1-4H3,(H,22,23). The van der Waals surface area contributed by atoms with E-state index >= 15 is 0 Å². The summed E-state index contributed by atoms with van der Waals surface area (Å²) in [5.41, 5.74) is 3.78. The van der Waals surface area contributed by atoms with E-state index in [-0.39, 0.29) is 0 Å². The van der Waals surface area contributed by atoms with Gasteiger partial charge in [-0.2, -0.15) is 5.10 Å². The summed E-state index contributed by atoms with van der Waals surface area (Å²) in [6.07, 6.45) is 0.663. The quantitative estimate of drug-likeness (QED) is 0.551. The average molecular weight is 393 g/mol. The Kier molecular flexibility index (Phi) is 7.45. The smallest absolute Gasteiger partial charge is 0.273 e. The number of hydrazone groups is 1. The predicted molar refractivity (Wildman–Crippen MR) is 103 cm³/mol. The number of hydrogen-bond acceptors (Lipinski definition) is 6. The molecule has 0 fully saturated rings. The van der Waals surface area contributed by atoms with Gasteiger partial charge in [0, 0.05) is 17.7 Å². The van der Waals surface area contributed by atoms with Crippen molar-refractivity contribution >= 4 is 23.7 Å². The molecule has 2 aromatic carbocycles. The summed E-state index contributed by atoms with van der Waals surface area (Å²) in [5, 5.41) is 4.56. The molecule has 144 valence electrons. The number of halogens is 1. The van der Waals surface area contributed by atoms with E-state index in [4.69, 9.17) is 30.5 Å². The maximum atomic E-state index is 12.3. The highest BCUT2D eigenvalue weighted by Crippen LogP contribution is 2.37. The number of amides is 1. The zero-order valence-electron chi connectivity index (χ0n) is 15.5. The van der Waals surface area contributed by atoms with E-state index in [9.17, 15) is 4.79 Å². The first-order valence-electron chi connectivity index (χ1n) is 7.95. The van der Waals surface area contributed by atoms with Gasteiger partial charge in [0.25, 0.3) is 5.91 Å². The molecule has 8 heteroatoms. The number of ether oxygens (including phenoxy) is 4. The van der Waals surface area contributed by atoms with Gasteiger partial charge in [-0.25, -0.2) is 5.43 Å². The molecule has 0 aliphatic carbocycles. The van der Waals surface area contributed by atoms with Crippen LogP contribution in [-0.2, 0) is 9.53 Å². The molecule has 0 heterocycles. The minimum atomic E-state index is -0.806. The van der Waals surface area contributed by atoms with Crippen LogP contribution in [0.2, 0.25) is 5.02 Å². The van der Waals surface area contributed by atoms with E-state index in [0.717, 1.165) is 0 Å². The summed E-state index contributed by atoms with van der Waals surface area (Å²) in [4.78, 5) is 12.3. The van der Waals surface area contributed by atoms with Crippen molar-refractivity contribution in [1.82, 2.24) is 5.43 Å². The van der Waals surface area contributed by atoms with Gasteiger partial charge < -0.3 is 18.9 Å². The maximum absolute atomic E-state index is 12.3. The lowest BCUT2D eigenvalue weighted by Crippen LogP contribution is -2.26. The van der Waals surface area contributed by atoms with Crippen molar-refractivity contribution in [3.63, 3.8) is 0 Å². The molecule has 0 bridgehead atoms. The van der Waals surface area contributed by atoms with Crippen LogP contribution in [0.5, 0.6) is 17.2 Å². The Labute approximate surface area is 162 Å². The Morgan fingerprint density at radius 1 is 1.04 bits per heavy atom. The van der Waals surface area contributed by atoms with Gasteiger partial charge >= 0.3 is 0 Å². The van der Waals surface area contributed by atoms with Crippen LogP contribution in [0, 0.1) is 0 Å². The Bertz CT molecular complexity index is 783. The normalized spacial score (nSPS) is 11.9. The van der Waals surface area contributed by atoms with Crippen LogP contribution >= 0.6 is 11.6 Å². The molecule has 0 saturated carbocycles. The molecular weight excluding hydrogens is 372 g/mol. The molecule has 0 aliphatic rings. The van der Waals surface area contributed by atoms with Crippen molar-refractivity contribution in [2.45, 2.75) is 6.10 Å². The molecule has 2 aromatic rings. The molecule has 0 aromatic heterocycles. The van der Waals surface area contributed by atoms with Crippen molar-refractivity contribution < 1.29 is 23.7 Å². The molecule has 1 unspecified atom stereocenters. The summed E-state index contributed by atoms with van der Waals surface area (Å²) >= 11 is 5.87. The first kappa shape index (κ1) is 20.5. The van der Waals surface area contributed by atoms with Crippen LogP contribution in [-0.4, -0.2) is 40.6 Å². The lowest BCUT2D eigenvalue weighted by Gasteiger charge is -2.14. The second kappa shape index (κ2) is 9.80. The SMILES string of the molecule is COc1cc(C=NNC(=O)C(OC)c2ccc(Cl)cc2)cc(OC)c1OC. The molecule has 1 N–H and O–H groups in total. The summed E-state index contributed by atoms with van der Waals surface area (Å²) in [5.74, 6) is 1.04. The largest absolute Gasteiger partial charge is 0.493 e. The third kappa shape index (κ3) is 5.12. The maximum Gasteiger partial charge on any atom is 0.273 e. The van der Waals surface area contributed by atoms with Crippen molar-refractivity contribution in [3.05, 3.63) is 52.5 Å². The lowest BCUT2D eigenvalue weighted by atomic mass is 10.1. The third-order valence-electron chi connectivity index (χ3n) is 3.72. The minimum Gasteiger partial charge on any atom is -0.493 e. The fraction of sp³-hybridized carbons (Fsp3) is 0.263. The molecule has 0 spiro atoms. The predicted octanol–water partition coefficient (Wildman–Crippen LogP) is 3.20. The van der Waals surface area contributed by atoms with E-state index in [2.05, 4.69) is 10.5 Å².